The molecule has 0 bridgehead atoms. The molecule has 1 atom stereocenters. The van der Waals surface area contributed by atoms with Gasteiger partial charge in [0.05, 0.1) is 11.9 Å². The van der Waals surface area contributed by atoms with Crippen molar-refractivity contribution < 1.29 is 13.2 Å². The zero-order valence-corrected chi connectivity index (χ0v) is 17.2. The number of nitrogens with zero attached hydrogens (tertiary/aromatic N) is 4. The average molecular weight is 403 g/mol. The first kappa shape index (κ1) is 19.1. The summed E-state index contributed by atoms with van der Waals surface area (Å²) >= 11 is 0. The van der Waals surface area contributed by atoms with Crippen LogP contribution in [0.3, 0.4) is 0 Å². The lowest BCUT2D eigenvalue weighted by atomic mass is 9.86. The molecule has 2 aliphatic rings. The third kappa shape index (κ3) is 2.95. The van der Waals surface area contributed by atoms with Gasteiger partial charge in [-0.15, -0.1) is 0 Å². The van der Waals surface area contributed by atoms with Crippen molar-refractivity contribution in [3.63, 3.8) is 0 Å². The quantitative estimate of drug-likeness (QED) is 0.785. The van der Waals surface area contributed by atoms with E-state index in [0.29, 0.717) is 44.6 Å². The fraction of sp³-hybridized carbons (Fsp3) is 0.500. The molecule has 150 valence electrons. The molecular formula is C20H26N4O3S. The van der Waals surface area contributed by atoms with Crippen LogP contribution in [0.25, 0.3) is 0 Å². The SMILES string of the molecule is Cc1c(S(=O)(=O)N2CCCC23CCCN(Cc2ccccc2)C3=O)cnn1C. The molecule has 1 aromatic heterocycles. The molecule has 3 heterocycles. The van der Waals surface area contributed by atoms with Gasteiger partial charge in [-0.05, 0) is 38.2 Å². The molecule has 1 spiro atoms. The van der Waals surface area contributed by atoms with Gasteiger partial charge in [0.2, 0.25) is 15.9 Å². The minimum atomic E-state index is -3.78. The van der Waals surface area contributed by atoms with Crippen molar-refractivity contribution in [3.05, 3.63) is 47.8 Å². The highest BCUT2D eigenvalue weighted by Gasteiger charge is 2.55. The zero-order chi connectivity index (χ0) is 19.9. The molecule has 0 saturated carbocycles. The second-order valence-electron chi connectivity index (χ2n) is 7.75. The topological polar surface area (TPSA) is 75.5 Å². The molecule has 8 heteroatoms. The summed E-state index contributed by atoms with van der Waals surface area (Å²) < 4.78 is 29.9. The number of amides is 1. The molecule has 28 heavy (non-hydrogen) atoms. The Labute approximate surface area is 166 Å². The van der Waals surface area contributed by atoms with Crippen LogP contribution < -0.4 is 0 Å². The largest absolute Gasteiger partial charge is 0.337 e. The summed E-state index contributed by atoms with van der Waals surface area (Å²) in [7, 11) is -2.06. The molecule has 2 fully saturated rings. The predicted octanol–water partition coefficient (Wildman–Crippen LogP) is 2.07. The Hall–Kier alpha value is -2.19. The van der Waals surface area contributed by atoms with E-state index in [4.69, 9.17) is 0 Å². The van der Waals surface area contributed by atoms with Crippen molar-refractivity contribution in [1.29, 1.82) is 0 Å². The van der Waals surface area contributed by atoms with Crippen LogP contribution in [0.4, 0.5) is 0 Å². The third-order valence-corrected chi connectivity index (χ3v) is 8.18. The summed E-state index contributed by atoms with van der Waals surface area (Å²) in [6.45, 7) is 3.30. The van der Waals surface area contributed by atoms with Gasteiger partial charge in [-0.25, -0.2) is 8.42 Å². The monoisotopic (exact) mass is 402 g/mol. The van der Waals surface area contributed by atoms with Crippen LogP contribution in [-0.4, -0.2) is 51.9 Å². The Bertz CT molecular complexity index is 986. The first-order valence-electron chi connectivity index (χ1n) is 9.71. The Balaban J connectivity index is 1.67. The van der Waals surface area contributed by atoms with E-state index in [2.05, 4.69) is 5.10 Å². The number of piperidine rings is 1. The van der Waals surface area contributed by atoms with Gasteiger partial charge in [0.1, 0.15) is 10.4 Å². The van der Waals surface area contributed by atoms with Crippen LogP contribution in [0.15, 0.2) is 41.4 Å². The highest BCUT2D eigenvalue weighted by Crippen LogP contribution is 2.42. The van der Waals surface area contributed by atoms with Gasteiger partial charge in [-0.1, -0.05) is 30.3 Å². The summed E-state index contributed by atoms with van der Waals surface area (Å²) in [6.07, 6.45) is 4.05. The molecule has 1 aromatic carbocycles. The van der Waals surface area contributed by atoms with Gasteiger partial charge in [0.25, 0.3) is 0 Å². The van der Waals surface area contributed by atoms with E-state index in [1.54, 1.807) is 18.7 Å². The second kappa shape index (κ2) is 7.00. The molecule has 0 radical (unpaired) electrons. The van der Waals surface area contributed by atoms with Gasteiger partial charge >= 0.3 is 0 Å². The highest BCUT2D eigenvalue weighted by molar-refractivity contribution is 7.89. The van der Waals surface area contributed by atoms with Crippen LogP contribution in [0, 0.1) is 6.92 Å². The number of rotatable bonds is 4. The summed E-state index contributed by atoms with van der Waals surface area (Å²) in [5.41, 5.74) is 0.684. The van der Waals surface area contributed by atoms with E-state index >= 15 is 0 Å². The van der Waals surface area contributed by atoms with Crippen LogP contribution in [0.5, 0.6) is 0 Å². The van der Waals surface area contributed by atoms with Crippen LogP contribution in [0.1, 0.15) is 36.9 Å². The maximum atomic E-state index is 13.5. The minimum absolute atomic E-state index is 0.0646. The van der Waals surface area contributed by atoms with Crippen molar-refractivity contribution in [2.75, 3.05) is 13.1 Å². The first-order chi connectivity index (χ1) is 13.4. The Morgan fingerprint density at radius 2 is 1.79 bits per heavy atom. The van der Waals surface area contributed by atoms with E-state index in [9.17, 15) is 13.2 Å². The number of sulfonamides is 1. The summed E-state index contributed by atoms with van der Waals surface area (Å²) in [5, 5.41) is 4.09. The van der Waals surface area contributed by atoms with Gasteiger partial charge < -0.3 is 4.90 Å². The smallest absolute Gasteiger partial charge is 0.247 e. The van der Waals surface area contributed by atoms with Crippen LogP contribution in [-0.2, 0) is 28.4 Å². The van der Waals surface area contributed by atoms with Crippen molar-refractivity contribution in [2.24, 2.45) is 7.05 Å². The molecule has 2 aromatic rings. The predicted molar refractivity (Wildman–Crippen MR) is 105 cm³/mol. The molecule has 4 rings (SSSR count). The standard InChI is InChI=1S/C20H26N4O3S/c1-16-18(14-21-22(16)2)28(26,27)24-13-7-11-20(24)10-6-12-23(19(20)25)15-17-8-4-3-5-9-17/h3-5,8-9,14H,6-7,10-13,15H2,1-2H3. The maximum Gasteiger partial charge on any atom is 0.247 e. The zero-order valence-electron chi connectivity index (χ0n) is 16.3. The number of hydrogen-bond acceptors (Lipinski definition) is 4. The fourth-order valence-corrected chi connectivity index (χ4v) is 6.55. The average Bonchev–Trinajstić information content (AvgIpc) is 3.25. The number of aromatic nitrogens is 2. The number of benzene rings is 1. The molecule has 1 amide bonds. The Morgan fingerprint density at radius 1 is 1.11 bits per heavy atom. The lowest BCUT2D eigenvalue weighted by Crippen LogP contribution is -2.60. The van der Waals surface area contributed by atoms with Crippen LogP contribution in [0.2, 0.25) is 0 Å². The van der Waals surface area contributed by atoms with Crippen molar-refractivity contribution in [3.8, 4) is 0 Å². The first-order valence-corrected chi connectivity index (χ1v) is 11.1. The molecule has 0 aliphatic carbocycles. The lowest BCUT2D eigenvalue weighted by Gasteiger charge is -2.43. The normalized spacial score (nSPS) is 23.6. The lowest BCUT2D eigenvalue weighted by molar-refractivity contribution is -0.145. The van der Waals surface area contributed by atoms with Crippen molar-refractivity contribution in [1.82, 2.24) is 19.0 Å². The fourth-order valence-electron chi connectivity index (χ4n) is 4.54. The van der Waals surface area contributed by atoms with Crippen molar-refractivity contribution >= 4 is 15.9 Å². The van der Waals surface area contributed by atoms with E-state index in [0.717, 1.165) is 12.0 Å². The third-order valence-electron chi connectivity index (χ3n) is 6.11. The van der Waals surface area contributed by atoms with Gasteiger partial charge in [-0.3, -0.25) is 9.48 Å². The Morgan fingerprint density at radius 3 is 2.43 bits per heavy atom. The van der Waals surface area contributed by atoms with Crippen molar-refractivity contribution in [2.45, 2.75) is 49.6 Å². The number of carbonyl (C=O) groups is 1. The number of carbonyl (C=O) groups excluding carboxylic acids is 1. The van der Waals surface area contributed by atoms with Gasteiger partial charge in [-0.2, -0.15) is 9.40 Å². The minimum Gasteiger partial charge on any atom is -0.337 e. The van der Waals surface area contributed by atoms with E-state index in [-0.39, 0.29) is 10.8 Å². The second-order valence-corrected chi connectivity index (χ2v) is 9.58. The summed E-state index contributed by atoms with van der Waals surface area (Å²) in [5.74, 6) is -0.0646. The highest BCUT2D eigenvalue weighted by atomic mass is 32.2. The Kier molecular flexibility index (Phi) is 4.79. The molecule has 0 N–H and O–H groups in total. The summed E-state index contributed by atoms with van der Waals surface area (Å²) in [4.78, 5) is 15.6. The van der Waals surface area contributed by atoms with Crippen LogP contribution >= 0.6 is 0 Å². The van der Waals surface area contributed by atoms with E-state index in [1.165, 1.54) is 10.5 Å². The maximum absolute atomic E-state index is 13.5. The van der Waals surface area contributed by atoms with Gasteiger partial charge in [0.15, 0.2) is 0 Å². The summed E-state index contributed by atoms with van der Waals surface area (Å²) in [6, 6.07) is 9.85. The molecule has 2 aliphatic heterocycles. The van der Waals surface area contributed by atoms with E-state index in [1.807, 2.05) is 35.2 Å². The number of aryl methyl sites for hydroxylation is 1. The van der Waals surface area contributed by atoms with Gasteiger partial charge in [0, 0.05) is 26.7 Å². The molecule has 1 unspecified atom stereocenters. The number of likely N-dealkylation sites (tertiary alicyclic amines) is 1. The molecule has 2 saturated heterocycles. The number of hydrogen-bond donors (Lipinski definition) is 0. The molecule has 7 nitrogen and oxygen atoms in total. The molecular weight excluding hydrogens is 376 g/mol. The van der Waals surface area contributed by atoms with E-state index < -0.39 is 15.6 Å².